The molecule has 0 N–H and O–H groups in total. The van der Waals surface area contributed by atoms with E-state index in [9.17, 15) is 0 Å². The van der Waals surface area contributed by atoms with Crippen LogP contribution in [0.1, 0.15) is 39.2 Å². The molecular weight excluding hydrogens is 220 g/mol. The smallest absolute Gasteiger partial charge is 0.0499 e. The van der Waals surface area contributed by atoms with Gasteiger partial charge in [-0.05, 0) is 30.2 Å². The molecule has 0 amide bonds. The van der Waals surface area contributed by atoms with Gasteiger partial charge in [0.15, 0.2) is 0 Å². The molecule has 0 saturated carbocycles. The van der Waals surface area contributed by atoms with Crippen molar-refractivity contribution in [3.63, 3.8) is 0 Å². The summed E-state index contributed by atoms with van der Waals surface area (Å²) >= 11 is 0. The van der Waals surface area contributed by atoms with Crippen molar-refractivity contribution in [2.45, 2.75) is 40.0 Å². The van der Waals surface area contributed by atoms with Gasteiger partial charge in [-0.15, -0.1) is 0 Å². The van der Waals surface area contributed by atoms with Crippen molar-refractivity contribution < 1.29 is 4.74 Å². The number of rotatable bonds is 6. The van der Waals surface area contributed by atoms with Crippen LogP contribution in [0.3, 0.4) is 0 Å². The van der Waals surface area contributed by atoms with Gasteiger partial charge in [-0.3, -0.25) is 0 Å². The lowest BCUT2D eigenvalue weighted by Crippen LogP contribution is -2.04. The molecule has 1 rings (SSSR count). The zero-order valence-corrected chi connectivity index (χ0v) is 12.2. The fourth-order valence-electron chi connectivity index (χ4n) is 2.06. The molecule has 0 bridgehead atoms. The Morgan fingerprint density at radius 2 is 1.78 bits per heavy atom. The van der Waals surface area contributed by atoms with Gasteiger partial charge in [-0.25, -0.2) is 0 Å². The van der Waals surface area contributed by atoms with Gasteiger partial charge >= 0.3 is 0 Å². The molecule has 0 unspecified atom stereocenters. The van der Waals surface area contributed by atoms with Crippen LogP contribution in [0, 0.1) is 5.41 Å². The van der Waals surface area contributed by atoms with E-state index in [1.165, 1.54) is 11.1 Å². The summed E-state index contributed by atoms with van der Waals surface area (Å²) in [6.07, 6.45) is 5.69. The fraction of sp³-hybridized carbons (Fsp3) is 0.529. The molecule has 0 aliphatic rings. The highest BCUT2D eigenvalue weighted by Gasteiger charge is 2.08. The maximum atomic E-state index is 5.20. The third-order valence-electron chi connectivity index (χ3n) is 2.84. The summed E-state index contributed by atoms with van der Waals surface area (Å²) in [7, 11) is 1.77. The van der Waals surface area contributed by atoms with Gasteiger partial charge in [0.1, 0.15) is 0 Å². The molecule has 18 heavy (non-hydrogen) atoms. The van der Waals surface area contributed by atoms with E-state index in [2.05, 4.69) is 57.2 Å². The molecule has 0 fully saturated rings. The van der Waals surface area contributed by atoms with E-state index in [4.69, 9.17) is 4.74 Å². The van der Waals surface area contributed by atoms with Crippen molar-refractivity contribution in [2.75, 3.05) is 13.7 Å². The Balaban J connectivity index is 2.59. The van der Waals surface area contributed by atoms with E-state index < -0.39 is 0 Å². The molecule has 1 aromatic carbocycles. The SMILES string of the molecule is COCC/C(=C\C(C)(C)C)CCc1ccccc1. The summed E-state index contributed by atoms with van der Waals surface area (Å²) in [6, 6.07) is 10.7. The quantitative estimate of drug-likeness (QED) is 0.665. The normalized spacial score (nSPS) is 12.8. The number of ether oxygens (including phenoxy) is 1. The fourth-order valence-corrected chi connectivity index (χ4v) is 2.06. The molecular formula is C17H26O. The molecule has 1 nitrogen and oxygen atoms in total. The van der Waals surface area contributed by atoms with Crippen molar-refractivity contribution in [3.8, 4) is 0 Å². The molecule has 0 heterocycles. The van der Waals surface area contributed by atoms with Gasteiger partial charge in [-0.1, -0.05) is 62.8 Å². The zero-order chi connectivity index (χ0) is 13.4. The van der Waals surface area contributed by atoms with Crippen LogP contribution in [0.15, 0.2) is 42.0 Å². The number of hydrogen-bond donors (Lipinski definition) is 0. The van der Waals surface area contributed by atoms with Gasteiger partial charge < -0.3 is 4.74 Å². The molecule has 0 saturated heterocycles. The van der Waals surface area contributed by atoms with Gasteiger partial charge in [0.25, 0.3) is 0 Å². The minimum absolute atomic E-state index is 0.250. The topological polar surface area (TPSA) is 9.23 Å². The van der Waals surface area contributed by atoms with Crippen LogP contribution in [0.25, 0.3) is 0 Å². The Morgan fingerprint density at radius 3 is 2.33 bits per heavy atom. The summed E-state index contributed by atoms with van der Waals surface area (Å²) in [4.78, 5) is 0. The van der Waals surface area contributed by atoms with E-state index in [0.29, 0.717) is 0 Å². The van der Waals surface area contributed by atoms with E-state index in [1.54, 1.807) is 7.11 Å². The van der Waals surface area contributed by atoms with Crippen LogP contribution in [0.4, 0.5) is 0 Å². The first kappa shape index (κ1) is 15.0. The lowest BCUT2D eigenvalue weighted by Gasteiger charge is -2.16. The third-order valence-corrected chi connectivity index (χ3v) is 2.84. The molecule has 0 aliphatic heterocycles. The van der Waals surface area contributed by atoms with Crippen LogP contribution in [-0.2, 0) is 11.2 Å². The second-order valence-electron chi connectivity index (χ2n) is 5.90. The van der Waals surface area contributed by atoms with E-state index in [-0.39, 0.29) is 5.41 Å². The van der Waals surface area contributed by atoms with Crippen molar-refractivity contribution >= 4 is 0 Å². The largest absolute Gasteiger partial charge is 0.384 e. The Kier molecular flexibility index (Phi) is 6.14. The van der Waals surface area contributed by atoms with Gasteiger partial charge in [-0.2, -0.15) is 0 Å². The number of aryl methyl sites for hydroxylation is 1. The highest BCUT2D eigenvalue weighted by Crippen LogP contribution is 2.22. The van der Waals surface area contributed by atoms with Crippen LogP contribution < -0.4 is 0 Å². The molecule has 0 radical (unpaired) electrons. The minimum Gasteiger partial charge on any atom is -0.384 e. The monoisotopic (exact) mass is 246 g/mol. The van der Waals surface area contributed by atoms with E-state index >= 15 is 0 Å². The van der Waals surface area contributed by atoms with E-state index in [1.807, 2.05) is 0 Å². The Labute approximate surface area is 112 Å². The minimum atomic E-state index is 0.250. The number of methoxy groups -OCH3 is 1. The first-order valence-corrected chi connectivity index (χ1v) is 6.75. The lowest BCUT2D eigenvalue weighted by molar-refractivity contribution is 0.201. The van der Waals surface area contributed by atoms with Gasteiger partial charge in [0.05, 0.1) is 0 Å². The average molecular weight is 246 g/mol. The van der Waals surface area contributed by atoms with Crippen LogP contribution in [0.2, 0.25) is 0 Å². The second-order valence-corrected chi connectivity index (χ2v) is 5.90. The van der Waals surface area contributed by atoms with Crippen molar-refractivity contribution in [1.82, 2.24) is 0 Å². The predicted molar refractivity (Wildman–Crippen MR) is 78.8 cm³/mol. The van der Waals surface area contributed by atoms with Crippen LogP contribution in [-0.4, -0.2) is 13.7 Å². The maximum Gasteiger partial charge on any atom is 0.0499 e. The molecule has 0 aromatic heterocycles. The summed E-state index contributed by atoms with van der Waals surface area (Å²) < 4.78 is 5.20. The summed E-state index contributed by atoms with van der Waals surface area (Å²) in [6.45, 7) is 7.57. The first-order chi connectivity index (χ1) is 8.51. The van der Waals surface area contributed by atoms with Crippen molar-refractivity contribution in [1.29, 1.82) is 0 Å². The van der Waals surface area contributed by atoms with Crippen LogP contribution >= 0.6 is 0 Å². The summed E-state index contributed by atoms with van der Waals surface area (Å²) in [5.41, 5.74) is 3.17. The highest BCUT2D eigenvalue weighted by atomic mass is 16.5. The standard InChI is InChI=1S/C17H26O/c1-17(2,3)14-16(12-13-18-4)11-10-15-8-6-5-7-9-15/h5-9,14H,10-13H2,1-4H3/b16-14-. The number of hydrogen-bond acceptors (Lipinski definition) is 1. The average Bonchev–Trinajstić information content (AvgIpc) is 2.32. The first-order valence-electron chi connectivity index (χ1n) is 6.75. The summed E-state index contributed by atoms with van der Waals surface area (Å²) in [5, 5.41) is 0. The molecule has 0 aliphatic carbocycles. The molecule has 0 spiro atoms. The lowest BCUT2D eigenvalue weighted by atomic mass is 9.90. The molecule has 100 valence electrons. The third kappa shape index (κ3) is 6.61. The van der Waals surface area contributed by atoms with Crippen molar-refractivity contribution in [3.05, 3.63) is 47.5 Å². The Morgan fingerprint density at radius 1 is 1.11 bits per heavy atom. The second kappa shape index (κ2) is 7.38. The predicted octanol–water partition coefficient (Wildman–Crippen LogP) is 4.63. The maximum absolute atomic E-state index is 5.20. The Hall–Kier alpha value is -1.08. The molecule has 1 heteroatoms. The number of allylic oxidation sites excluding steroid dienone is 1. The highest BCUT2D eigenvalue weighted by molar-refractivity contribution is 5.17. The zero-order valence-electron chi connectivity index (χ0n) is 12.2. The van der Waals surface area contributed by atoms with Gasteiger partial charge in [0.2, 0.25) is 0 Å². The Bertz CT molecular complexity index is 357. The summed E-state index contributed by atoms with van der Waals surface area (Å²) in [5.74, 6) is 0. The van der Waals surface area contributed by atoms with Gasteiger partial charge in [0, 0.05) is 13.7 Å². The van der Waals surface area contributed by atoms with Crippen molar-refractivity contribution in [2.24, 2.45) is 5.41 Å². The molecule has 1 aromatic rings. The molecule has 0 atom stereocenters. The van der Waals surface area contributed by atoms with Crippen LogP contribution in [0.5, 0.6) is 0 Å². The number of benzene rings is 1. The van der Waals surface area contributed by atoms with E-state index in [0.717, 1.165) is 25.9 Å².